The van der Waals surface area contributed by atoms with Crippen molar-refractivity contribution in [2.45, 2.75) is 33.4 Å². The van der Waals surface area contributed by atoms with E-state index in [0.29, 0.717) is 11.1 Å². The number of halogens is 1. The topological polar surface area (TPSA) is 46.6 Å². The fourth-order valence-corrected chi connectivity index (χ4v) is 4.74. The van der Waals surface area contributed by atoms with Gasteiger partial charge in [-0.3, -0.25) is 9.88 Å². The lowest BCUT2D eigenvalue weighted by atomic mass is 9.97. The molecule has 0 fully saturated rings. The predicted octanol–water partition coefficient (Wildman–Crippen LogP) is 6.69. The van der Waals surface area contributed by atoms with Gasteiger partial charge in [-0.15, -0.1) is 0 Å². The fourth-order valence-electron chi connectivity index (χ4n) is 4.57. The maximum Gasteiger partial charge on any atom is 0.131 e. The SMILES string of the molecule is COc1c(C)c(CN(CCNc2ccnc3cc(Cl)ccc23)C(C)C)c(OC)c2ccccc12. The van der Waals surface area contributed by atoms with Crippen molar-refractivity contribution in [1.29, 1.82) is 0 Å². The molecule has 1 N–H and O–H groups in total. The molecule has 5 nitrogen and oxygen atoms in total. The Morgan fingerprint density at radius 1 is 0.971 bits per heavy atom. The highest BCUT2D eigenvalue weighted by atomic mass is 35.5. The van der Waals surface area contributed by atoms with E-state index in [0.717, 1.165) is 69.6 Å². The summed E-state index contributed by atoms with van der Waals surface area (Å²) < 4.78 is 11.8. The summed E-state index contributed by atoms with van der Waals surface area (Å²) in [6.45, 7) is 9.00. The quantitative estimate of drug-likeness (QED) is 0.291. The highest BCUT2D eigenvalue weighted by Crippen LogP contribution is 2.41. The minimum atomic E-state index is 0.358. The molecule has 0 unspecified atom stereocenters. The van der Waals surface area contributed by atoms with Crippen LogP contribution in [0, 0.1) is 6.92 Å². The standard InChI is InChI=1S/C28H32ClN3O2/c1-18(2)32(15-14-31-25-12-13-30-26-16-20(29)10-11-23(25)26)17-24-19(3)27(33-4)21-8-6-7-9-22(21)28(24)34-5/h6-13,16,18H,14-15,17H2,1-5H3,(H,30,31). The number of benzene rings is 3. The molecule has 0 amide bonds. The van der Waals surface area contributed by atoms with Crippen molar-refractivity contribution in [1.82, 2.24) is 9.88 Å². The second kappa shape index (κ2) is 10.5. The molecule has 0 radical (unpaired) electrons. The first kappa shape index (κ1) is 24.1. The van der Waals surface area contributed by atoms with E-state index in [2.05, 4.69) is 48.1 Å². The van der Waals surface area contributed by atoms with Crippen molar-refractivity contribution < 1.29 is 9.47 Å². The normalized spacial score (nSPS) is 11.5. The molecule has 0 spiro atoms. The zero-order valence-electron chi connectivity index (χ0n) is 20.5. The van der Waals surface area contributed by atoms with Gasteiger partial charge >= 0.3 is 0 Å². The van der Waals surface area contributed by atoms with Gasteiger partial charge in [-0.05, 0) is 50.6 Å². The third kappa shape index (κ3) is 4.77. The van der Waals surface area contributed by atoms with Crippen LogP contribution in [0.25, 0.3) is 21.7 Å². The van der Waals surface area contributed by atoms with Crippen molar-refractivity contribution in [3.63, 3.8) is 0 Å². The van der Waals surface area contributed by atoms with E-state index in [9.17, 15) is 0 Å². The van der Waals surface area contributed by atoms with Crippen molar-refractivity contribution in [2.24, 2.45) is 0 Å². The Hall–Kier alpha value is -3.02. The van der Waals surface area contributed by atoms with Crippen LogP contribution in [-0.4, -0.2) is 43.2 Å². The van der Waals surface area contributed by atoms with Gasteiger partial charge in [0.2, 0.25) is 0 Å². The van der Waals surface area contributed by atoms with Gasteiger partial charge < -0.3 is 14.8 Å². The number of pyridine rings is 1. The van der Waals surface area contributed by atoms with Gasteiger partial charge in [-0.2, -0.15) is 0 Å². The van der Waals surface area contributed by atoms with E-state index in [4.69, 9.17) is 21.1 Å². The van der Waals surface area contributed by atoms with E-state index >= 15 is 0 Å². The lowest BCUT2D eigenvalue weighted by molar-refractivity contribution is 0.218. The van der Waals surface area contributed by atoms with Crippen LogP contribution in [-0.2, 0) is 6.54 Å². The second-order valence-corrected chi connectivity index (χ2v) is 9.16. The number of nitrogens with one attached hydrogen (secondary N) is 1. The fraction of sp³-hybridized carbons (Fsp3) is 0.321. The first-order valence-electron chi connectivity index (χ1n) is 11.6. The van der Waals surface area contributed by atoms with Crippen LogP contribution < -0.4 is 14.8 Å². The van der Waals surface area contributed by atoms with Gasteiger partial charge in [0.1, 0.15) is 11.5 Å². The van der Waals surface area contributed by atoms with Crippen LogP contribution in [0.15, 0.2) is 54.7 Å². The first-order valence-corrected chi connectivity index (χ1v) is 12.0. The largest absolute Gasteiger partial charge is 0.496 e. The number of nitrogens with zero attached hydrogens (tertiary/aromatic N) is 2. The molecule has 0 saturated heterocycles. The monoisotopic (exact) mass is 477 g/mol. The smallest absolute Gasteiger partial charge is 0.131 e. The molecule has 4 aromatic rings. The van der Waals surface area contributed by atoms with Crippen LogP contribution in [0.2, 0.25) is 5.02 Å². The molecule has 0 aliphatic rings. The zero-order chi connectivity index (χ0) is 24.2. The Bertz CT molecular complexity index is 1310. The Morgan fingerprint density at radius 3 is 2.35 bits per heavy atom. The minimum absolute atomic E-state index is 0.358. The van der Waals surface area contributed by atoms with Gasteiger partial charge in [-0.25, -0.2) is 0 Å². The molecule has 178 valence electrons. The van der Waals surface area contributed by atoms with E-state index in [-0.39, 0.29) is 0 Å². The van der Waals surface area contributed by atoms with Gasteiger partial charge in [0.15, 0.2) is 0 Å². The van der Waals surface area contributed by atoms with Crippen molar-refractivity contribution in [3.05, 3.63) is 70.9 Å². The number of fused-ring (bicyclic) bond motifs is 2. The summed E-state index contributed by atoms with van der Waals surface area (Å²) >= 11 is 6.14. The zero-order valence-corrected chi connectivity index (χ0v) is 21.2. The molecule has 4 rings (SSSR count). The van der Waals surface area contributed by atoms with Crippen molar-refractivity contribution >= 4 is 39.0 Å². The van der Waals surface area contributed by atoms with Gasteiger partial charge in [0, 0.05) is 64.3 Å². The molecule has 0 bridgehead atoms. The van der Waals surface area contributed by atoms with Gasteiger partial charge in [0.05, 0.1) is 19.7 Å². The summed E-state index contributed by atoms with van der Waals surface area (Å²) in [5.74, 6) is 1.83. The molecule has 0 aliphatic carbocycles. The summed E-state index contributed by atoms with van der Waals surface area (Å²) in [5, 5.41) is 7.50. The molecule has 0 aliphatic heterocycles. The van der Waals surface area contributed by atoms with E-state index in [1.165, 1.54) is 0 Å². The highest BCUT2D eigenvalue weighted by molar-refractivity contribution is 6.31. The van der Waals surface area contributed by atoms with Crippen LogP contribution in [0.5, 0.6) is 11.5 Å². The number of ether oxygens (including phenoxy) is 2. The van der Waals surface area contributed by atoms with Crippen LogP contribution in [0.4, 0.5) is 5.69 Å². The minimum Gasteiger partial charge on any atom is -0.496 e. The maximum absolute atomic E-state index is 6.14. The Morgan fingerprint density at radius 2 is 1.68 bits per heavy atom. The summed E-state index contributed by atoms with van der Waals surface area (Å²) in [4.78, 5) is 6.89. The average Bonchev–Trinajstić information content (AvgIpc) is 2.83. The molecule has 0 atom stereocenters. The second-order valence-electron chi connectivity index (χ2n) is 8.73. The molecule has 34 heavy (non-hydrogen) atoms. The van der Waals surface area contributed by atoms with Crippen molar-refractivity contribution in [3.8, 4) is 11.5 Å². The molecular weight excluding hydrogens is 446 g/mol. The van der Waals surface area contributed by atoms with E-state index in [1.54, 1.807) is 14.2 Å². The Labute approximate surface area is 206 Å². The lowest BCUT2D eigenvalue weighted by Gasteiger charge is -2.29. The number of aromatic nitrogens is 1. The molecule has 6 heteroatoms. The maximum atomic E-state index is 6.14. The van der Waals surface area contributed by atoms with E-state index in [1.807, 2.05) is 42.6 Å². The number of methoxy groups -OCH3 is 2. The lowest BCUT2D eigenvalue weighted by Crippen LogP contribution is -2.35. The number of rotatable bonds is 9. The summed E-state index contributed by atoms with van der Waals surface area (Å²) in [5.41, 5.74) is 4.23. The first-order chi connectivity index (χ1) is 16.4. The van der Waals surface area contributed by atoms with Crippen molar-refractivity contribution in [2.75, 3.05) is 32.6 Å². The Kier molecular flexibility index (Phi) is 7.44. The Balaban J connectivity index is 1.58. The average molecular weight is 478 g/mol. The van der Waals surface area contributed by atoms with Crippen LogP contribution >= 0.6 is 11.6 Å². The molecule has 0 saturated carbocycles. The van der Waals surface area contributed by atoms with Gasteiger partial charge in [-0.1, -0.05) is 35.9 Å². The van der Waals surface area contributed by atoms with Gasteiger partial charge in [0.25, 0.3) is 0 Å². The number of anilines is 1. The molecule has 3 aromatic carbocycles. The number of hydrogen-bond acceptors (Lipinski definition) is 5. The third-order valence-corrected chi connectivity index (χ3v) is 6.64. The highest BCUT2D eigenvalue weighted by Gasteiger charge is 2.21. The van der Waals surface area contributed by atoms with Crippen LogP contribution in [0.1, 0.15) is 25.0 Å². The molecule has 1 heterocycles. The summed E-state index contributed by atoms with van der Waals surface area (Å²) in [6, 6.07) is 16.4. The van der Waals surface area contributed by atoms with Crippen LogP contribution in [0.3, 0.4) is 0 Å². The predicted molar refractivity (Wildman–Crippen MR) is 143 cm³/mol. The molecule has 1 aromatic heterocycles. The summed E-state index contributed by atoms with van der Waals surface area (Å²) in [6.07, 6.45) is 1.82. The summed E-state index contributed by atoms with van der Waals surface area (Å²) in [7, 11) is 3.49. The number of hydrogen-bond donors (Lipinski definition) is 1. The van der Waals surface area contributed by atoms with E-state index < -0.39 is 0 Å². The third-order valence-electron chi connectivity index (χ3n) is 6.40. The molecular formula is C28H32ClN3O2.